The summed E-state index contributed by atoms with van der Waals surface area (Å²) in [4.78, 5) is 12.4. The number of anilines is 1. The standard InChI is InChI=1S/C15H18F3N5O/c16-15(17,18)7-5-11-6-8-19-14(21-11)20-9-12-22-13(24-23-12)10-3-1-2-4-10/h6,8,10H,1-5,7,9H2,(H,19,20,21). The normalized spacial score (nSPS) is 15.8. The van der Waals surface area contributed by atoms with E-state index in [1.54, 1.807) is 0 Å². The molecule has 0 aromatic carbocycles. The second kappa shape index (κ2) is 7.14. The van der Waals surface area contributed by atoms with Crippen molar-refractivity contribution in [3.63, 3.8) is 0 Å². The highest BCUT2D eigenvalue weighted by atomic mass is 19.4. The van der Waals surface area contributed by atoms with Crippen LogP contribution in [0.15, 0.2) is 16.8 Å². The van der Waals surface area contributed by atoms with Gasteiger partial charge in [0.1, 0.15) is 0 Å². The van der Waals surface area contributed by atoms with E-state index in [1.165, 1.54) is 25.1 Å². The predicted octanol–water partition coefficient (Wildman–Crippen LogP) is 3.62. The average molecular weight is 341 g/mol. The first-order valence-corrected chi connectivity index (χ1v) is 7.94. The fourth-order valence-corrected chi connectivity index (χ4v) is 2.73. The first kappa shape index (κ1) is 16.7. The zero-order chi connectivity index (χ0) is 17.0. The number of nitrogens with one attached hydrogen (secondary N) is 1. The molecule has 0 spiro atoms. The van der Waals surface area contributed by atoms with Crippen molar-refractivity contribution in [3.05, 3.63) is 29.7 Å². The summed E-state index contributed by atoms with van der Waals surface area (Å²) in [6.45, 7) is 0.263. The van der Waals surface area contributed by atoms with Gasteiger partial charge in [-0.15, -0.1) is 0 Å². The molecule has 2 aromatic rings. The van der Waals surface area contributed by atoms with Gasteiger partial charge in [0.05, 0.1) is 6.54 Å². The first-order chi connectivity index (χ1) is 11.5. The summed E-state index contributed by atoms with van der Waals surface area (Å²) in [5, 5.41) is 6.83. The van der Waals surface area contributed by atoms with Gasteiger partial charge in [-0.1, -0.05) is 18.0 Å². The summed E-state index contributed by atoms with van der Waals surface area (Å²) in [7, 11) is 0. The van der Waals surface area contributed by atoms with E-state index in [4.69, 9.17) is 4.52 Å². The van der Waals surface area contributed by atoms with E-state index in [-0.39, 0.29) is 18.9 Å². The highest BCUT2D eigenvalue weighted by Crippen LogP contribution is 2.32. The molecular weight excluding hydrogens is 323 g/mol. The number of halogens is 3. The summed E-state index contributed by atoms with van der Waals surface area (Å²) in [6, 6.07) is 1.48. The van der Waals surface area contributed by atoms with Crippen molar-refractivity contribution in [1.29, 1.82) is 0 Å². The quantitative estimate of drug-likeness (QED) is 0.865. The summed E-state index contributed by atoms with van der Waals surface area (Å²) >= 11 is 0. The van der Waals surface area contributed by atoms with E-state index in [0.717, 1.165) is 12.8 Å². The summed E-state index contributed by atoms with van der Waals surface area (Å²) in [6.07, 6.45) is 0.659. The van der Waals surface area contributed by atoms with Crippen molar-refractivity contribution in [1.82, 2.24) is 20.1 Å². The van der Waals surface area contributed by atoms with Gasteiger partial charge in [-0.05, 0) is 25.3 Å². The van der Waals surface area contributed by atoms with E-state index in [0.29, 0.717) is 23.3 Å². The molecule has 0 atom stereocenters. The number of alkyl halides is 3. The molecule has 0 radical (unpaired) electrons. The van der Waals surface area contributed by atoms with Crippen molar-refractivity contribution < 1.29 is 17.7 Å². The Morgan fingerprint density at radius 1 is 1.21 bits per heavy atom. The van der Waals surface area contributed by atoms with Gasteiger partial charge < -0.3 is 9.84 Å². The third kappa shape index (κ3) is 4.65. The molecule has 0 bridgehead atoms. The SMILES string of the molecule is FC(F)(F)CCc1ccnc(NCc2noc(C3CCCC3)n2)n1. The lowest BCUT2D eigenvalue weighted by Gasteiger charge is -2.07. The molecule has 1 fully saturated rings. The van der Waals surface area contributed by atoms with Crippen LogP contribution < -0.4 is 5.32 Å². The number of hydrogen-bond acceptors (Lipinski definition) is 6. The molecule has 1 aliphatic carbocycles. The minimum absolute atomic E-state index is 0.172. The van der Waals surface area contributed by atoms with E-state index >= 15 is 0 Å². The largest absolute Gasteiger partial charge is 0.389 e. The zero-order valence-electron chi connectivity index (χ0n) is 13.0. The monoisotopic (exact) mass is 341 g/mol. The topological polar surface area (TPSA) is 76.7 Å². The molecule has 2 aromatic heterocycles. The van der Waals surface area contributed by atoms with Crippen LogP contribution >= 0.6 is 0 Å². The third-order valence-electron chi connectivity index (χ3n) is 3.97. The number of aryl methyl sites for hydroxylation is 1. The Bertz CT molecular complexity index is 667. The van der Waals surface area contributed by atoms with Gasteiger partial charge in [-0.3, -0.25) is 0 Å². The molecule has 1 N–H and O–H groups in total. The van der Waals surface area contributed by atoms with Crippen LogP contribution in [0, 0.1) is 0 Å². The predicted molar refractivity (Wildman–Crippen MR) is 79.2 cm³/mol. The molecule has 0 aliphatic heterocycles. The molecule has 1 saturated carbocycles. The fraction of sp³-hybridized carbons (Fsp3) is 0.600. The smallest absolute Gasteiger partial charge is 0.347 e. The molecule has 6 nitrogen and oxygen atoms in total. The number of hydrogen-bond donors (Lipinski definition) is 1. The Morgan fingerprint density at radius 2 is 2.00 bits per heavy atom. The Balaban J connectivity index is 1.54. The zero-order valence-corrected chi connectivity index (χ0v) is 13.0. The van der Waals surface area contributed by atoms with Crippen LogP contribution in [0.1, 0.15) is 55.4 Å². The second-order valence-electron chi connectivity index (χ2n) is 5.87. The summed E-state index contributed by atoms with van der Waals surface area (Å²) in [5.74, 6) is 1.74. The lowest BCUT2D eigenvalue weighted by Crippen LogP contribution is -2.10. The van der Waals surface area contributed by atoms with Crippen LogP contribution in [0.5, 0.6) is 0 Å². The first-order valence-electron chi connectivity index (χ1n) is 7.94. The highest BCUT2D eigenvalue weighted by molar-refractivity contribution is 5.25. The molecule has 0 amide bonds. The second-order valence-corrected chi connectivity index (χ2v) is 5.87. The lowest BCUT2D eigenvalue weighted by atomic mass is 10.1. The summed E-state index contributed by atoms with van der Waals surface area (Å²) in [5.41, 5.74) is 0.338. The van der Waals surface area contributed by atoms with E-state index in [2.05, 4.69) is 25.4 Å². The molecule has 24 heavy (non-hydrogen) atoms. The maximum atomic E-state index is 12.3. The molecule has 1 aliphatic rings. The minimum Gasteiger partial charge on any atom is -0.347 e. The maximum Gasteiger partial charge on any atom is 0.389 e. The molecular formula is C15H18F3N5O. The Kier molecular flexibility index (Phi) is 4.96. The van der Waals surface area contributed by atoms with Crippen molar-refractivity contribution in [3.8, 4) is 0 Å². The van der Waals surface area contributed by atoms with Crippen LogP contribution in [0.4, 0.5) is 19.1 Å². The Hall–Kier alpha value is -2.19. The van der Waals surface area contributed by atoms with Crippen LogP contribution in [-0.2, 0) is 13.0 Å². The van der Waals surface area contributed by atoms with Gasteiger partial charge in [-0.2, -0.15) is 18.2 Å². The van der Waals surface area contributed by atoms with Gasteiger partial charge in [0.15, 0.2) is 5.82 Å². The lowest BCUT2D eigenvalue weighted by molar-refractivity contribution is -0.134. The average Bonchev–Trinajstić information content (AvgIpc) is 3.22. The van der Waals surface area contributed by atoms with Gasteiger partial charge in [0, 0.05) is 24.2 Å². The van der Waals surface area contributed by atoms with Gasteiger partial charge >= 0.3 is 6.18 Å². The van der Waals surface area contributed by atoms with Crippen molar-refractivity contribution in [2.75, 3.05) is 5.32 Å². The van der Waals surface area contributed by atoms with E-state index in [9.17, 15) is 13.2 Å². The Labute approximate surface area is 136 Å². The van der Waals surface area contributed by atoms with E-state index < -0.39 is 12.6 Å². The molecule has 0 unspecified atom stereocenters. The maximum absolute atomic E-state index is 12.3. The van der Waals surface area contributed by atoms with Gasteiger partial charge in [0.25, 0.3) is 0 Å². The Morgan fingerprint density at radius 3 is 2.75 bits per heavy atom. The number of aromatic nitrogens is 4. The minimum atomic E-state index is -4.19. The van der Waals surface area contributed by atoms with Crippen LogP contribution in [0.25, 0.3) is 0 Å². The highest BCUT2D eigenvalue weighted by Gasteiger charge is 2.27. The molecule has 3 rings (SSSR count). The van der Waals surface area contributed by atoms with Crippen molar-refractivity contribution in [2.45, 2.75) is 57.2 Å². The van der Waals surface area contributed by atoms with Gasteiger partial charge in [0.2, 0.25) is 11.8 Å². The fourth-order valence-electron chi connectivity index (χ4n) is 2.73. The van der Waals surface area contributed by atoms with Crippen molar-refractivity contribution >= 4 is 5.95 Å². The molecule has 9 heteroatoms. The molecule has 0 saturated heterocycles. The van der Waals surface area contributed by atoms with Crippen molar-refractivity contribution in [2.24, 2.45) is 0 Å². The third-order valence-corrected chi connectivity index (χ3v) is 3.97. The van der Waals surface area contributed by atoms with Crippen LogP contribution in [-0.4, -0.2) is 26.3 Å². The molecule has 2 heterocycles. The van der Waals surface area contributed by atoms with Crippen LogP contribution in [0.2, 0.25) is 0 Å². The van der Waals surface area contributed by atoms with Gasteiger partial charge in [-0.25, -0.2) is 9.97 Å². The number of nitrogens with zero attached hydrogens (tertiary/aromatic N) is 4. The summed E-state index contributed by atoms with van der Waals surface area (Å²) < 4.78 is 42.0. The number of rotatable bonds is 6. The van der Waals surface area contributed by atoms with E-state index in [1.807, 2.05) is 0 Å². The molecule has 130 valence electrons. The van der Waals surface area contributed by atoms with Crippen LogP contribution in [0.3, 0.4) is 0 Å².